The lowest BCUT2D eigenvalue weighted by Gasteiger charge is -2.11. The van der Waals surface area contributed by atoms with Crippen molar-refractivity contribution in [2.45, 2.75) is 13.0 Å². The zero-order chi connectivity index (χ0) is 11.3. The van der Waals surface area contributed by atoms with Crippen molar-refractivity contribution in [3.05, 3.63) is 29.6 Å². The molecule has 1 aromatic rings. The second-order valence-electron chi connectivity index (χ2n) is 3.23. The number of methoxy groups -OCH3 is 1. The van der Waals surface area contributed by atoms with Gasteiger partial charge in [-0.3, -0.25) is 0 Å². The molecule has 0 fully saturated rings. The highest BCUT2D eigenvalue weighted by molar-refractivity contribution is 5.48. The summed E-state index contributed by atoms with van der Waals surface area (Å²) in [6, 6.07) is 6.20. The maximum atomic E-state index is 13.2. The van der Waals surface area contributed by atoms with Crippen molar-refractivity contribution in [2.24, 2.45) is 0 Å². The molecule has 15 heavy (non-hydrogen) atoms. The zero-order valence-electron chi connectivity index (χ0n) is 8.75. The van der Waals surface area contributed by atoms with Crippen LogP contribution in [-0.4, -0.2) is 19.8 Å². The molecule has 0 amide bonds. The van der Waals surface area contributed by atoms with Crippen LogP contribution in [0, 0.1) is 17.1 Å². The fourth-order valence-corrected chi connectivity index (χ4v) is 1.06. The molecule has 0 aliphatic carbocycles. The van der Waals surface area contributed by atoms with Gasteiger partial charge >= 0.3 is 0 Å². The molecule has 0 aromatic heterocycles. The standard InChI is InChI=1S/C11H13FN2O/c1-8(15-2)7-14-10-4-3-9(6-13)11(12)5-10/h3-5,8,14H,7H2,1-2H3. The average Bonchev–Trinajstić information content (AvgIpc) is 2.26. The van der Waals surface area contributed by atoms with E-state index in [0.717, 1.165) is 0 Å². The predicted molar refractivity (Wildman–Crippen MR) is 56.1 cm³/mol. The second-order valence-corrected chi connectivity index (χ2v) is 3.23. The second kappa shape index (κ2) is 5.32. The lowest BCUT2D eigenvalue weighted by atomic mass is 10.2. The first-order chi connectivity index (χ1) is 7.17. The highest BCUT2D eigenvalue weighted by atomic mass is 19.1. The van der Waals surface area contributed by atoms with E-state index in [1.54, 1.807) is 19.2 Å². The molecule has 3 nitrogen and oxygen atoms in total. The van der Waals surface area contributed by atoms with Crippen molar-refractivity contribution in [3.63, 3.8) is 0 Å². The molecular weight excluding hydrogens is 195 g/mol. The van der Waals surface area contributed by atoms with Gasteiger partial charge in [0.25, 0.3) is 0 Å². The molecule has 0 aliphatic heterocycles. The quantitative estimate of drug-likeness (QED) is 0.824. The molecule has 1 N–H and O–H groups in total. The van der Waals surface area contributed by atoms with Crippen LogP contribution in [0.3, 0.4) is 0 Å². The smallest absolute Gasteiger partial charge is 0.143 e. The number of hydrogen-bond acceptors (Lipinski definition) is 3. The number of nitriles is 1. The summed E-state index contributed by atoms with van der Waals surface area (Å²) in [6.07, 6.45) is 0.0590. The molecule has 0 spiro atoms. The summed E-state index contributed by atoms with van der Waals surface area (Å²) < 4.78 is 18.2. The van der Waals surface area contributed by atoms with E-state index < -0.39 is 5.82 Å². The molecule has 1 rings (SSSR count). The Kier molecular flexibility index (Phi) is 4.07. The Bertz CT molecular complexity index is 373. The van der Waals surface area contributed by atoms with Gasteiger partial charge in [-0.05, 0) is 25.1 Å². The van der Waals surface area contributed by atoms with Crippen molar-refractivity contribution < 1.29 is 9.13 Å². The Labute approximate surface area is 88.5 Å². The third-order valence-corrected chi connectivity index (χ3v) is 2.09. The van der Waals surface area contributed by atoms with Crippen molar-refractivity contribution >= 4 is 5.69 Å². The lowest BCUT2D eigenvalue weighted by Crippen LogP contribution is -2.18. The van der Waals surface area contributed by atoms with E-state index >= 15 is 0 Å². The summed E-state index contributed by atoms with van der Waals surface area (Å²) in [7, 11) is 1.62. The number of halogens is 1. The van der Waals surface area contributed by atoms with Gasteiger partial charge in [0.05, 0.1) is 11.7 Å². The molecule has 0 saturated carbocycles. The Morgan fingerprint density at radius 3 is 2.87 bits per heavy atom. The minimum absolute atomic E-state index is 0.0559. The Hall–Kier alpha value is -1.60. The van der Waals surface area contributed by atoms with Gasteiger partial charge in [0.15, 0.2) is 0 Å². The average molecular weight is 208 g/mol. The van der Waals surface area contributed by atoms with Crippen LogP contribution in [0.15, 0.2) is 18.2 Å². The SMILES string of the molecule is COC(C)CNc1ccc(C#N)c(F)c1. The number of nitrogens with one attached hydrogen (secondary N) is 1. The zero-order valence-corrected chi connectivity index (χ0v) is 8.75. The minimum Gasteiger partial charge on any atom is -0.382 e. The lowest BCUT2D eigenvalue weighted by molar-refractivity contribution is 0.129. The van der Waals surface area contributed by atoms with Gasteiger partial charge in [0.1, 0.15) is 11.9 Å². The van der Waals surface area contributed by atoms with E-state index in [4.69, 9.17) is 10.00 Å². The predicted octanol–water partition coefficient (Wildman–Crippen LogP) is 2.14. The van der Waals surface area contributed by atoms with Crippen molar-refractivity contribution in [3.8, 4) is 6.07 Å². The highest BCUT2D eigenvalue weighted by Gasteiger charge is 2.03. The number of hydrogen-bond donors (Lipinski definition) is 1. The number of benzene rings is 1. The van der Waals surface area contributed by atoms with Gasteiger partial charge in [-0.2, -0.15) is 5.26 Å². The van der Waals surface area contributed by atoms with Crippen LogP contribution >= 0.6 is 0 Å². The molecule has 0 saturated heterocycles. The third kappa shape index (κ3) is 3.22. The summed E-state index contributed by atoms with van der Waals surface area (Å²) in [5.41, 5.74) is 0.704. The molecule has 0 radical (unpaired) electrons. The van der Waals surface area contributed by atoms with E-state index in [-0.39, 0.29) is 11.7 Å². The maximum Gasteiger partial charge on any atom is 0.143 e. The minimum atomic E-state index is -0.507. The van der Waals surface area contributed by atoms with E-state index in [1.807, 2.05) is 6.92 Å². The molecular formula is C11H13FN2O. The van der Waals surface area contributed by atoms with Crippen molar-refractivity contribution in [2.75, 3.05) is 19.0 Å². The molecule has 1 aromatic carbocycles. The molecule has 0 bridgehead atoms. The summed E-state index contributed by atoms with van der Waals surface area (Å²) in [5.74, 6) is -0.507. The van der Waals surface area contributed by atoms with Gasteiger partial charge < -0.3 is 10.1 Å². The number of rotatable bonds is 4. The van der Waals surface area contributed by atoms with Gasteiger partial charge in [0, 0.05) is 19.3 Å². The van der Waals surface area contributed by atoms with Crippen LogP contribution in [0.5, 0.6) is 0 Å². The molecule has 0 aliphatic rings. The monoisotopic (exact) mass is 208 g/mol. The maximum absolute atomic E-state index is 13.2. The Morgan fingerprint density at radius 1 is 1.60 bits per heavy atom. The normalized spacial score (nSPS) is 11.9. The fraction of sp³-hybridized carbons (Fsp3) is 0.364. The molecule has 1 atom stereocenters. The first kappa shape index (κ1) is 11.5. The fourth-order valence-electron chi connectivity index (χ4n) is 1.06. The summed E-state index contributed by atoms with van der Waals surface area (Å²) >= 11 is 0. The van der Waals surface area contributed by atoms with Crippen LogP contribution in [0.25, 0.3) is 0 Å². The van der Waals surface area contributed by atoms with E-state index in [2.05, 4.69) is 5.32 Å². The first-order valence-electron chi connectivity index (χ1n) is 4.63. The topological polar surface area (TPSA) is 45.0 Å². The largest absolute Gasteiger partial charge is 0.382 e. The van der Waals surface area contributed by atoms with E-state index in [1.165, 1.54) is 12.1 Å². The molecule has 0 heterocycles. The summed E-state index contributed by atoms with van der Waals surface area (Å²) in [4.78, 5) is 0. The third-order valence-electron chi connectivity index (χ3n) is 2.09. The van der Waals surface area contributed by atoms with Crippen LogP contribution in [0.2, 0.25) is 0 Å². The van der Waals surface area contributed by atoms with Crippen molar-refractivity contribution in [1.82, 2.24) is 0 Å². The highest BCUT2D eigenvalue weighted by Crippen LogP contribution is 2.13. The van der Waals surface area contributed by atoms with Gasteiger partial charge in [-0.15, -0.1) is 0 Å². The molecule has 4 heteroatoms. The van der Waals surface area contributed by atoms with Gasteiger partial charge in [0.2, 0.25) is 0 Å². The molecule has 1 unspecified atom stereocenters. The van der Waals surface area contributed by atoms with E-state index in [9.17, 15) is 4.39 Å². The van der Waals surface area contributed by atoms with Gasteiger partial charge in [-0.1, -0.05) is 0 Å². The number of ether oxygens (including phenoxy) is 1. The van der Waals surface area contributed by atoms with E-state index in [0.29, 0.717) is 12.2 Å². The Morgan fingerprint density at radius 2 is 2.33 bits per heavy atom. The van der Waals surface area contributed by atoms with Crippen LogP contribution in [0.4, 0.5) is 10.1 Å². The van der Waals surface area contributed by atoms with Crippen molar-refractivity contribution in [1.29, 1.82) is 5.26 Å². The number of anilines is 1. The van der Waals surface area contributed by atoms with Crippen LogP contribution in [0.1, 0.15) is 12.5 Å². The van der Waals surface area contributed by atoms with Crippen LogP contribution in [-0.2, 0) is 4.74 Å². The van der Waals surface area contributed by atoms with Crippen LogP contribution < -0.4 is 5.32 Å². The number of nitrogens with zero attached hydrogens (tertiary/aromatic N) is 1. The first-order valence-corrected chi connectivity index (χ1v) is 4.63. The summed E-state index contributed by atoms with van der Waals surface area (Å²) in [5, 5.41) is 11.5. The Balaban J connectivity index is 2.64. The van der Waals surface area contributed by atoms with Gasteiger partial charge in [-0.25, -0.2) is 4.39 Å². The molecule has 80 valence electrons. The summed E-state index contributed by atoms with van der Waals surface area (Å²) in [6.45, 7) is 2.51.